The van der Waals surface area contributed by atoms with Crippen LogP contribution < -0.4 is 10.1 Å². The summed E-state index contributed by atoms with van der Waals surface area (Å²) in [6, 6.07) is 11.2. The number of halogens is 1. The molecule has 0 heterocycles. The second kappa shape index (κ2) is 7.02. The third kappa shape index (κ3) is 4.97. The highest BCUT2D eigenvalue weighted by Crippen LogP contribution is 2.25. The maximum Gasteiger partial charge on any atom is 0.262 e. The molecule has 2 aromatic carbocycles. The highest BCUT2D eigenvalue weighted by molar-refractivity contribution is 7.90. The number of ether oxygens (including phenoxy) is 1. The van der Waals surface area contributed by atoms with Crippen LogP contribution in [-0.4, -0.2) is 27.2 Å². The predicted molar refractivity (Wildman–Crippen MR) is 89.9 cm³/mol. The molecule has 7 heteroatoms. The van der Waals surface area contributed by atoms with Crippen molar-refractivity contribution in [3.8, 4) is 5.75 Å². The Balaban J connectivity index is 1.96. The van der Waals surface area contributed by atoms with Gasteiger partial charge >= 0.3 is 0 Å². The van der Waals surface area contributed by atoms with E-state index in [-0.39, 0.29) is 17.4 Å². The molecule has 0 saturated heterocycles. The number of sulfone groups is 1. The number of hydrogen-bond acceptors (Lipinski definition) is 4. The van der Waals surface area contributed by atoms with Crippen LogP contribution in [0.25, 0.3) is 0 Å². The van der Waals surface area contributed by atoms with Crippen molar-refractivity contribution in [1.29, 1.82) is 0 Å². The fourth-order valence-corrected chi connectivity index (χ4v) is 2.65. The standard InChI is InChI=1S/C16H16ClNO4S/c1-11-3-8-14(17)15(9-11)22-10-16(19)18-12-4-6-13(7-5-12)23(2,20)21/h3-9H,10H2,1-2H3,(H,18,19). The summed E-state index contributed by atoms with van der Waals surface area (Å²) in [5.41, 5.74) is 1.46. The Morgan fingerprint density at radius 3 is 2.43 bits per heavy atom. The van der Waals surface area contributed by atoms with Crippen molar-refractivity contribution in [2.24, 2.45) is 0 Å². The Morgan fingerprint density at radius 1 is 1.17 bits per heavy atom. The number of carbonyl (C=O) groups is 1. The summed E-state index contributed by atoms with van der Waals surface area (Å²) >= 11 is 5.99. The Hall–Kier alpha value is -2.05. The molecular weight excluding hydrogens is 338 g/mol. The average Bonchev–Trinajstić information content (AvgIpc) is 2.48. The first-order valence-electron chi connectivity index (χ1n) is 6.74. The largest absolute Gasteiger partial charge is 0.482 e. The van der Waals surface area contributed by atoms with Crippen molar-refractivity contribution in [3.05, 3.63) is 53.1 Å². The number of carbonyl (C=O) groups excluding carboxylic acids is 1. The lowest BCUT2D eigenvalue weighted by Crippen LogP contribution is -2.20. The minimum Gasteiger partial charge on any atom is -0.482 e. The molecule has 0 aliphatic carbocycles. The van der Waals surface area contributed by atoms with Crippen LogP contribution in [0.2, 0.25) is 5.02 Å². The van der Waals surface area contributed by atoms with Gasteiger partial charge in [-0.2, -0.15) is 0 Å². The van der Waals surface area contributed by atoms with Gasteiger partial charge in [-0.1, -0.05) is 17.7 Å². The highest BCUT2D eigenvalue weighted by Gasteiger charge is 2.09. The fraction of sp³-hybridized carbons (Fsp3) is 0.188. The molecule has 0 fully saturated rings. The highest BCUT2D eigenvalue weighted by atomic mass is 35.5. The molecule has 0 unspecified atom stereocenters. The van der Waals surface area contributed by atoms with Gasteiger partial charge in [0.25, 0.3) is 5.91 Å². The summed E-state index contributed by atoms with van der Waals surface area (Å²) in [6.45, 7) is 1.70. The van der Waals surface area contributed by atoms with Gasteiger partial charge in [0, 0.05) is 11.9 Å². The van der Waals surface area contributed by atoms with E-state index in [2.05, 4.69) is 5.32 Å². The minimum atomic E-state index is -3.26. The summed E-state index contributed by atoms with van der Waals surface area (Å²) in [5.74, 6) is 0.0731. The van der Waals surface area contributed by atoms with Crippen LogP contribution in [0.15, 0.2) is 47.4 Å². The Labute approximate surface area is 140 Å². The smallest absolute Gasteiger partial charge is 0.262 e. The first-order chi connectivity index (χ1) is 10.8. The van der Waals surface area contributed by atoms with Crippen LogP contribution in [0.5, 0.6) is 5.75 Å². The fourth-order valence-electron chi connectivity index (χ4n) is 1.85. The van der Waals surface area contributed by atoms with Crippen LogP contribution in [0.3, 0.4) is 0 Å². The molecule has 0 aliphatic heterocycles. The SMILES string of the molecule is Cc1ccc(Cl)c(OCC(=O)Nc2ccc(S(C)(=O)=O)cc2)c1. The Morgan fingerprint density at radius 2 is 1.83 bits per heavy atom. The topological polar surface area (TPSA) is 72.5 Å². The van der Waals surface area contributed by atoms with Gasteiger partial charge < -0.3 is 10.1 Å². The van der Waals surface area contributed by atoms with E-state index in [1.165, 1.54) is 24.3 Å². The molecule has 0 saturated carbocycles. The Bertz CT molecular complexity index is 816. The molecule has 5 nitrogen and oxygen atoms in total. The Kier molecular flexibility index (Phi) is 5.28. The van der Waals surface area contributed by atoms with Crippen LogP contribution in [0, 0.1) is 6.92 Å². The zero-order valence-electron chi connectivity index (χ0n) is 12.7. The molecule has 0 aromatic heterocycles. The molecular formula is C16H16ClNO4S. The van der Waals surface area contributed by atoms with Crippen molar-refractivity contribution in [3.63, 3.8) is 0 Å². The van der Waals surface area contributed by atoms with Gasteiger partial charge in [-0.15, -0.1) is 0 Å². The van der Waals surface area contributed by atoms with Gasteiger partial charge in [0.1, 0.15) is 5.75 Å². The molecule has 23 heavy (non-hydrogen) atoms. The number of nitrogens with one attached hydrogen (secondary N) is 1. The predicted octanol–water partition coefficient (Wildman–Crippen LogP) is 3.07. The van der Waals surface area contributed by atoms with Crippen LogP contribution in [-0.2, 0) is 14.6 Å². The molecule has 0 atom stereocenters. The summed E-state index contributed by atoms with van der Waals surface area (Å²) in [5, 5.41) is 3.05. The van der Waals surface area contributed by atoms with Crippen LogP contribution in [0.1, 0.15) is 5.56 Å². The van der Waals surface area contributed by atoms with E-state index in [4.69, 9.17) is 16.3 Å². The number of rotatable bonds is 5. The quantitative estimate of drug-likeness (QED) is 0.896. The lowest BCUT2D eigenvalue weighted by atomic mass is 10.2. The zero-order valence-corrected chi connectivity index (χ0v) is 14.2. The molecule has 2 aromatic rings. The van der Waals surface area contributed by atoms with Crippen LogP contribution in [0.4, 0.5) is 5.69 Å². The van der Waals surface area contributed by atoms with Gasteiger partial charge in [0.05, 0.1) is 9.92 Å². The number of amides is 1. The summed E-state index contributed by atoms with van der Waals surface area (Å²) in [4.78, 5) is 12.1. The summed E-state index contributed by atoms with van der Waals surface area (Å²) < 4.78 is 28.1. The lowest BCUT2D eigenvalue weighted by molar-refractivity contribution is -0.118. The first kappa shape index (κ1) is 17.3. The molecule has 1 N–H and O–H groups in total. The van der Waals surface area contributed by atoms with Crippen molar-refractivity contribution >= 4 is 33.0 Å². The van der Waals surface area contributed by atoms with E-state index in [9.17, 15) is 13.2 Å². The molecule has 0 bridgehead atoms. The number of hydrogen-bond donors (Lipinski definition) is 1. The van der Waals surface area contributed by atoms with E-state index in [0.717, 1.165) is 11.8 Å². The number of benzene rings is 2. The monoisotopic (exact) mass is 353 g/mol. The maximum absolute atomic E-state index is 11.9. The molecule has 122 valence electrons. The van der Waals surface area contributed by atoms with Crippen molar-refractivity contribution in [1.82, 2.24) is 0 Å². The molecule has 1 amide bonds. The summed E-state index contributed by atoms with van der Waals surface area (Å²) in [6.07, 6.45) is 1.13. The van der Waals surface area contributed by atoms with E-state index < -0.39 is 9.84 Å². The molecule has 0 aliphatic rings. The third-order valence-electron chi connectivity index (χ3n) is 3.01. The lowest BCUT2D eigenvalue weighted by Gasteiger charge is -2.09. The molecule has 0 spiro atoms. The average molecular weight is 354 g/mol. The second-order valence-corrected chi connectivity index (χ2v) is 7.49. The maximum atomic E-state index is 11.9. The van der Waals surface area contributed by atoms with Gasteiger partial charge in [-0.05, 0) is 48.9 Å². The van der Waals surface area contributed by atoms with Gasteiger partial charge in [0.2, 0.25) is 0 Å². The van der Waals surface area contributed by atoms with Crippen molar-refractivity contribution in [2.75, 3.05) is 18.2 Å². The van der Waals surface area contributed by atoms with Crippen molar-refractivity contribution < 1.29 is 17.9 Å². The summed E-state index contributed by atoms with van der Waals surface area (Å²) in [7, 11) is -3.26. The first-order valence-corrected chi connectivity index (χ1v) is 9.01. The van der Waals surface area contributed by atoms with Gasteiger partial charge in [-0.3, -0.25) is 4.79 Å². The van der Waals surface area contributed by atoms with Gasteiger partial charge in [-0.25, -0.2) is 8.42 Å². The van der Waals surface area contributed by atoms with E-state index in [1.807, 2.05) is 13.0 Å². The molecule has 2 rings (SSSR count). The van der Waals surface area contributed by atoms with E-state index >= 15 is 0 Å². The number of aryl methyl sites for hydroxylation is 1. The zero-order chi connectivity index (χ0) is 17.0. The van der Waals surface area contributed by atoms with Crippen LogP contribution >= 0.6 is 11.6 Å². The third-order valence-corrected chi connectivity index (χ3v) is 4.45. The molecule has 0 radical (unpaired) electrons. The normalized spacial score (nSPS) is 11.1. The minimum absolute atomic E-state index is 0.193. The van der Waals surface area contributed by atoms with Crippen molar-refractivity contribution in [2.45, 2.75) is 11.8 Å². The van der Waals surface area contributed by atoms with E-state index in [1.54, 1.807) is 12.1 Å². The second-order valence-electron chi connectivity index (χ2n) is 5.07. The number of anilines is 1. The van der Waals surface area contributed by atoms with E-state index in [0.29, 0.717) is 16.5 Å². The van der Waals surface area contributed by atoms with Gasteiger partial charge in [0.15, 0.2) is 16.4 Å².